The zero-order chi connectivity index (χ0) is 8.27. The van der Waals surface area contributed by atoms with Gasteiger partial charge in [-0.3, -0.25) is 0 Å². The lowest BCUT2D eigenvalue weighted by Crippen LogP contribution is -1.90. The quantitative estimate of drug-likeness (QED) is 0.663. The van der Waals surface area contributed by atoms with Gasteiger partial charge in [-0.05, 0) is 18.1 Å². The van der Waals surface area contributed by atoms with Crippen LogP contribution in [0.2, 0.25) is 0 Å². The van der Waals surface area contributed by atoms with Gasteiger partial charge in [0.15, 0.2) is 0 Å². The summed E-state index contributed by atoms with van der Waals surface area (Å²) < 4.78 is 12.3. The molecule has 0 aliphatic carbocycles. The van der Waals surface area contributed by atoms with E-state index in [4.69, 9.17) is 0 Å². The van der Waals surface area contributed by atoms with E-state index in [1.165, 1.54) is 0 Å². The zero-order valence-corrected chi connectivity index (χ0v) is 7.94. The zero-order valence-electron chi connectivity index (χ0n) is 6.35. The van der Waals surface area contributed by atoms with Crippen molar-refractivity contribution in [2.24, 2.45) is 0 Å². The minimum Gasteiger partial charge on any atom is -0.246 e. The second-order valence-corrected chi connectivity index (χ2v) is 3.82. The van der Waals surface area contributed by atoms with E-state index < -0.39 is 0 Å². The molecule has 2 heteroatoms. The molecule has 0 heterocycles. The highest BCUT2D eigenvalue weighted by molar-refractivity contribution is 9.09. The summed E-state index contributed by atoms with van der Waals surface area (Å²) in [7, 11) is 0. The first-order chi connectivity index (χ1) is 5.25. The molecule has 0 fully saturated rings. The Morgan fingerprint density at radius 2 is 2.09 bits per heavy atom. The van der Waals surface area contributed by atoms with Crippen molar-refractivity contribution in [3.63, 3.8) is 0 Å². The molecular weight excluding hydrogens is 207 g/mol. The molecule has 0 nitrogen and oxygen atoms in total. The van der Waals surface area contributed by atoms with Crippen molar-refractivity contribution in [3.05, 3.63) is 35.4 Å². The van der Waals surface area contributed by atoms with E-state index in [0.717, 1.165) is 11.1 Å². The van der Waals surface area contributed by atoms with Crippen LogP contribution in [0.1, 0.15) is 22.9 Å². The van der Waals surface area contributed by atoms with Gasteiger partial charge in [0.05, 0.1) is 0 Å². The minimum atomic E-state index is -0.383. The van der Waals surface area contributed by atoms with E-state index in [1.807, 2.05) is 31.2 Å². The van der Waals surface area contributed by atoms with Crippen molar-refractivity contribution in [3.8, 4) is 0 Å². The average Bonchev–Trinajstić information content (AvgIpc) is 2.04. The van der Waals surface area contributed by atoms with Crippen LogP contribution in [0.15, 0.2) is 24.3 Å². The molecule has 1 atom stereocenters. The van der Waals surface area contributed by atoms with Crippen LogP contribution < -0.4 is 0 Å². The van der Waals surface area contributed by atoms with Crippen molar-refractivity contribution in [1.82, 2.24) is 0 Å². The second-order valence-electron chi connectivity index (χ2n) is 2.45. The van der Waals surface area contributed by atoms with Gasteiger partial charge in [-0.2, -0.15) is 0 Å². The van der Waals surface area contributed by atoms with E-state index in [1.54, 1.807) is 0 Å². The first kappa shape index (κ1) is 8.72. The summed E-state index contributed by atoms with van der Waals surface area (Å²) in [6, 6.07) is 7.53. The molecule has 1 aromatic rings. The fourth-order valence-electron chi connectivity index (χ4n) is 1.04. The van der Waals surface area contributed by atoms with Gasteiger partial charge in [0.25, 0.3) is 0 Å². The van der Waals surface area contributed by atoms with Crippen LogP contribution in [-0.4, -0.2) is 0 Å². The van der Waals surface area contributed by atoms with E-state index in [2.05, 4.69) is 15.9 Å². The number of halogens is 2. The maximum atomic E-state index is 12.3. The molecule has 0 amide bonds. The van der Waals surface area contributed by atoms with Gasteiger partial charge < -0.3 is 0 Å². The standard InChI is InChI=1S/C9H10BrF/c1-7(10)9-5-3-2-4-8(9)6-11/h2-5,7H,6H2,1H3. The molecule has 1 unspecified atom stereocenters. The van der Waals surface area contributed by atoms with Crippen LogP contribution in [0, 0.1) is 0 Å². The molecule has 0 aromatic heterocycles. The summed E-state index contributed by atoms with van der Waals surface area (Å²) in [5.41, 5.74) is 1.81. The lowest BCUT2D eigenvalue weighted by molar-refractivity contribution is 0.482. The van der Waals surface area contributed by atoms with Gasteiger partial charge in [0.1, 0.15) is 6.67 Å². The highest BCUT2D eigenvalue weighted by Crippen LogP contribution is 2.25. The Kier molecular flexibility index (Phi) is 3.06. The molecule has 0 bridgehead atoms. The summed E-state index contributed by atoms with van der Waals surface area (Å²) >= 11 is 3.41. The number of hydrogen-bond donors (Lipinski definition) is 0. The maximum Gasteiger partial charge on any atom is 0.115 e. The van der Waals surface area contributed by atoms with Crippen molar-refractivity contribution in [1.29, 1.82) is 0 Å². The van der Waals surface area contributed by atoms with Crippen LogP contribution in [0.3, 0.4) is 0 Å². The molecule has 1 rings (SSSR count). The summed E-state index contributed by atoms with van der Waals surface area (Å²) in [4.78, 5) is 0.231. The molecule has 0 aliphatic rings. The van der Waals surface area contributed by atoms with Gasteiger partial charge in [-0.1, -0.05) is 40.2 Å². The van der Waals surface area contributed by atoms with E-state index in [9.17, 15) is 4.39 Å². The monoisotopic (exact) mass is 216 g/mol. The Labute approximate surface area is 74.6 Å². The molecule has 0 radical (unpaired) electrons. The second kappa shape index (κ2) is 3.86. The molecule has 0 spiro atoms. The number of rotatable bonds is 2. The first-order valence-electron chi connectivity index (χ1n) is 3.53. The molecule has 60 valence electrons. The third-order valence-corrected chi connectivity index (χ3v) is 2.12. The lowest BCUT2D eigenvalue weighted by Gasteiger charge is -2.07. The van der Waals surface area contributed by atoms with Crippen LogP contribution in [0.25, 0.3) is 0 Å². The molecule has 0 saturated heterocycles. The number of hydrogen-bond acceptors (Lipinski definition) is 0. The van der Waals surface area contributed by atoms with E-state index >= 15 is 0 Å². The Hall–Kier alpha value is -0.370. The average molecular weight is 217 g/mol. The van der Waals surface area contributed by atoms with Crippen molar-refractivity contribution >= 4 is 15.9 Å². The Bertz CT molecular complexity index is 233. The molecule has 0 saturated carbocycles. The fraction of sp³-hybridized carbons (Fsp3) is 0.333. The third-order valence-electron chi connectivity index (χ3n) is 1.63. The Morgan fingerprint density at radius 3 is 2.55 bits per heavy atom. The van der Waals surface area contributed by atoms with Crippen LogP contribution >= 0.6 is 15.9 Å². The Morgan fingerprint density at radius 1 is 1.45 bits per heavy atom. The van der Waals surface area contributed by atoms with Gasteiger partial charge >= 0.3 is 0 Å². The predicted molar refractivity (Wildman–Crippen MR) is 48.6 cm³/mol. The highest BCUT2D eigenvalue weighted by atomic mass is 79.9. The van der Waals surface area contributed by atoms with Crippen molar-refractivity contribution in [2.45, 2.75) is 18.4 Å². The highest BCUT2D eigenvalue weighted by Gasteiger charge is 2.05. The van der Waals surface area contributed by atoms with Crippen LogP contribution in [0.4, 0.5) is 4.39 Å². The number of benzene rings is 1. The predicted octanol–water partition coefficient (Wildman–Crippen LogP) is 3.61. The smallest absolute Gasteiger partial charge is 0.115 e. The summed E-state index contributed by atoms with van der Waals surface area (Å²) in [6.45, 7) is 1.61. The molecule has 0 N–H and O–H groups in total. The van der Waals surface area contributed by atoms with Crippen molar-refractivity contribution in [2.75, 3.05) is 0 Å². The first-order valence-corrected chi connectivity index (χ1v) is 4.45. The molecule has 1 aromatic carbocycles. The maximum absolute atomic E-state index is 12.3. The normalized spacial score (nSPS) is 13.0. The van der Waals surface area contributed by atoms with Crippen molar-refractivity contribution < 1.29 is 4.39 Å². The minimum absolute atomic E-state index is 0.231. The number of alkyl halides is 2. The van der Waals surface area contributed by atoms with Crippen LogP contribution in [-0.2, 0) is 6.67 Å². The van der Waals surface area contributed by atoms with Gasteiger partial charge in [0, 0.05) is 4.83 Å². The fourth-order valence-corrected chi connectivity index (χ4v) is 1.49. The van der Waals surface area contributed by atoms with Gasteiger partial charge in [-0.25, -0.2) is 4.39 Å². The topological polar surface area (TPSA) is 0 Å². The van der Waals surface area contributed by atoms with Gasteiger partial charge in [0.2, 0.25) is 0 Å². The van der Waals surface area contributed by atoms with Crippen LogP contribution in [0.5, 0.6) is 0 Å². The summed E-state index contributed by atoms with van der Waals surface area (Å²) in [5.74, 6) is 0. The van der Waals surface area contributed by atoms with E-state index in [-0.39, 0.29) is 11.5 Å². The van der Waals surface area contributed by atoms with E-state index in [0.29, 0.717) is 0 Å². The summed E-state index contributed by atoms with van der Waals surface area (Å²) in [6.07, 6.45) is 0. The molecule has 0 aliphatic heterocycles. The molecular formula is C9H10BrF. The summed E-state index contributed by atoms with van der Waals surface area (Å²) in [5, 5.41) is 0. The lowest BCUT2D eigenvalue weighted by atomic mass is 10.1. The third kappa shape index (κ3) is 2.03. The Balaban J connectivity index is 3.02. The molecule has 11 heavy (non-hydrogen) atoms. The largest absolute Gasteiger partial charge is 0.246 e. The van der Waals surface area contributed by atoms with Gasteiger partial charge in [-0.15, -0.1) is 0 Å². The SMILES string of the molecule is CC(Br)c1ccccc1CF.